The molecule has 0 saturated heterocycles. The predicted molar refractivity (Wildman–Crippen MR) is 54.8 cm³/mol. The number of hydrogen-bond donors (Lipinski definition) is 3. The molecule has 0 aromatic heterocycles. The van der Waals surface area contributed by atoms with Gasteiger partial charge in [0, 0.05) is 19.0 Å². The third kappa shape index (κ3) is 2.16. The van der Waals surface area contributed by atoms with Gasteiger partial charge >= 0.3 is 0 Å². The molecule has 76 valence electrons. The normalized spacial score (nSPS) is 9.86. The number of aryl methyl sites for hydroxylation is 1. The number of rotatable bonds is 2. The molecule has 1 aromatic rings. The molecule has 1 amide bonds. The Hall–Kier alpha value is -1.71. The Bertz CT molecular complexity index is 361. The molecule has 0 aliphatic rings. The van der Waals surface area contributed by atoms with Crippen molar-refractivity contribution < 1.29 is 9.90 Å². The maximum absolute atomic E-state index is 10.7. The van der Waals surface area contributed by atoms with Crippen LogP contribution in [0.3, 0.4) is 0 Å². The van der Waals surface area contributed by atoms with Crippen molar-refractivity contribution in [2.75, 3.05) is 5.73 Å². The zero-order valence-electron chi connectivity index (χ0n) is 8.29. The van der Waals surface area contributed by atoms with Crippen molar-refractivity contribution in [2.24, 2.45) is 0 Å². The number of amides is 1. The van der Waals surface area contributed by atoms with Gasteiger partial charge in [0.15, 0.2) is 0 Å². The third-order valence-electron chi connectivity index (χ3n) is 2.08. The lowest BCUT2D eigenvalue weighted by molar-refractivity contribution is -0.119. The number of aromatic hydroxyl groups is 1. The summed E-state index contributed by atoms with van der Waals surface area (Å²) >= 11 is 0. The maximum atomic E-state index is 10.7. The molecule has 4 nitrogen and oxygen atoms in total. The molecule has 0 unspecified atom stereocenters. The Kier molecular flexibility index (Phi) is 2.96. The minimum Gasteiger partial charge on any atom is -0.506 e. The van der Waals surface area contributed by atoms with Crippen LogP contribution in [0.4, 0.5) is 5.69 Å². The van der Waals surface area contributed by atoms with Crippen LogP contribution >= 0.6 is 0 Å². The van der Waals surface area contributed by atoms with Gasteiger partial charge in [0.05, 0.1) is 5.69 Å². The molecular formula is C10H14N2O2. The quantitative estimate of drug-likeness (QED) is 0.484. The van der Waals surface area contributed by atoms with Crippen molar-refractivity contribution in [1.29, 1.82) is 0 Å². The van der Waals surface area contributed by atoms with Crippen LogP contribution in [0.2, 0.25) is 0 Å². The third-order valence-corrected chi connectivity index (χ3v) is 2.08. The van der Waals surface area contributed by atoms with Gasteiger partial charge in [-0.25, -0.2) is 0 Å². The Morgan fingerprint density at radius 3 is 2.79 bits per heavy atom. The molecule has 0 aliphatic heterocycles. The molecule has 4 heteroatoms. The molecule has 1 aromatic carbocycles. The molecule has 0 fully saturated rings. The van der Waals surface area contributed by atoms with Crippen LogP contribution in [0, 0.1) is 6.92 Å². The Balaban J connectivity index is 2.95. The van der Waals surface area contributed by atoms with Gasteiger partial charge < -0.3 is 16.2 Å². The van der Waals surface area contributed by atoms with E-state index in [-0.39, 0.29) is 11.7 Å². The second-order valence-corrected chi connectivity index (χ2v) is 3.20. The Morgan fingerprint density at radius 1 is 1.57 bits per heavy atom. The highest BCUT2D eigenvalue weighted by atomic mass is 16.3. The number of nitrogen functional groups attached to an aromatic ring is 1. The minimum absolute atomic E-state index is 0.0518. The summed E-state index contributed by atoms with van der Waals surface area (Å²) in [5.74, 6) is -0.0666. The molecule has 0 spiro atoms. The number of phenolic OH excluding ortho intramolecular Hbond substituents is 1. The highest BCUT2D eigenvalue weighted by molar-refractivity contribution is 5.73. The van der Waals surface area contributed by atoms with Gasteiger partial charge in [0.1, 0.15) is 5.75 Å². The van der Waals surface area contributed by atoms with E-state index in [0.29, 0.717) is 12.2 Å². The van der Waals surface area contributed by atoms with Gasteiger partial charge in [-0.15, -0.1) is 0 Å². The number of anilines is 1. The summed E-state index contributed by atoms with van der Waals surface area (Å²) in [6.45, 7) is 3.67. The van der Waals surface area contributed by atoms with E-state index in [9.17, 15) is 9.90 Å². The number of carbonyl (C=O) groups excluding carboxylic acids is 1. The summed E-state index contributed by atoms with van der Waals surface area (Å²) < 4.78 is 0. The van der Waals surface area contributed by atoms with Gasteiger partial charge in [0.2, 0.25) is 5.91 Å². The number of carbonyl (C=O) groups is 1. The van der Waals surface area contributed by atoms with Gasteiger partial charge in [-0.3, -0.25) is 4.79 Å². The molecule has 0 bridgehead atoms. The minimum atomic E-state index is -0.118. The largest absolute Gasteiger partial charge is 0.506 e. The molecule has 0 aliphatic carbocycles. The first-order chi connectivity index (χ1) is 6.52. The average Bonchev–Trinajstić information content (AvgIpc) is 2.11. The molecule has 14 heavy (non-hydrogen) atoms. The summed E-state index contributed by atoms with van der Waals surface area (Å²) in [7, 11) is 0. The fraction of sp³-hybridized carbons (Fsp3) is 0.300. The summed E-state index contributed by atoms with van der Waals surface area (Å²) in [4.78, 5) is 10.7. The summed E-state index contributed by atoms with van der Waals surface area (Å²) in [6, 6.07) is 3.31. The van der Waals surface area contributed by atoms with Crippen molar-refractivity contribution in [3.8, 4) is 5.75 Å². The number of nitrogens with one attached hydrogen (secondary N) is 1. The van der Waals surface area contributed by atoms with Gasteiger partial charge in [-0.1, -0.05) is 6.07 Å². The lowest BCUT2D eigenvalue weighted by Gasteiger charge is -2.10. The topological polar surface area (TPSA) is 75.3 Å². The predicted octanol–water partition coefficient (Wildman–Crippen LogP) is 0.919. The zero-order valence-corrected chi connectivity index (χ0v) is 8.29. The molecule has 4 N–H and O–H groups in total. The highest BCUT2D eigenvalue weighted by Crippen LogP contribution is 2.26. The first-order valence-electron chi connectivity index (χ1n) is 4.33. The van der Waals surface area contributed by atoms with Crippen molar-refractivity contribution >= 4 is 11.6 Å². The second-order valence-electron chi connectivity index (χ2n) is 3.20. The summed E-state index contributed by atoms with van der Waals surface area (Å²) in [6.07, 6.45) is 0. The van der Waals surface area contributed by atoms with Crippen molar-refractivity contribution in [3.05, 3.63) is 23.3 Å². The van der Waals surface area contributed by atoms with E-state index >= 15 is 0 Å². The van der Waals surface area contributed by atoms with Crippen LogP contribution in [0.1, 0.15) is 18.1 Å². The van der Waals surface area contributed by atoms with Crippen molar-refractivity contribution in [1.82, 2.24) is 5.32 Å². The number of nitrogens with two attached hydrogens (primary N) is 1. The van der Waals surface area contributed by atoms with Gasteiger partial charge in [0.25, 0.3) is 0 Å². The van der Waals surface area contributed by atoms with Crippen LogP contribution in [0.5, 0.6) is 5.75 Å². The smallest absolute Gasteiger partial charge is 0.217 e. The SMILES string of the molecule is CC(=O)NCc1c(C)ccc(O)c1N. The van der Waals surface area contributed by atoms with E-state index in [1.807, 2.05) is 6.92 Å². The Morgan fingerprint density at radius 2 is 2.21 bits per heavy atom. The van der Waals surface area contributed by atoms with E-state index in [1.54, 1.807) is 12.1 Å². The zero-order chi connectivity index (χ0) is 10.7. The number of benzene rings is 1. The van der Waals surface area contributed by atoms with Crippen LogP contribution in [0.15, 0.2) is 12.1 Å². The highest BCUT2D eigenvalue weighted by Gasteiger charge is 2.07. The second kappa shape index (κ2) is 4.00. The molecule has 1 rings (SSSR count). The standard InChI is InChI=1S/C10H14N2O2/c1-6-3-4-9(14)10(11)8(6)5-12-7(2)13/h3-4,14H,5,11H2,1-2H3,(H,12,13). The van der Waals surface area contributed by atoms with E-state index in [1.165, 1.54) is 6.92 Å². The first kappa shape index (κ1) is 10.4. The van der Waals surface area contributed by atoms with Crippen molar-refractivity contribution in [2.45, 2.75) is 20.4 Å². The van der Waals surface area contributed by atoms with Crippen LogP contribution in [-0.2, 0) is 11.3 Å². The lowest BCUT2D eigenvalue weighted by atomic mass is 10.1. The van der Waals surface area contributed by atoms with Crippen LogP contribution < -0.4 is 11.1 Å². The van der Waals surface area contributed by atoms with E-state index in [4.69, 9.17) is 5.73 Å². The Labute approximate surface area is 82.7 Å². The molecule has 0 heterocycles. The monoisotopic (exact) mass is 194 g/mol. The molecule has 0 radical (unpaired) electrons. The van der Waals surface area contributed by atoms with Crippen LogP contribution in [-0.4, -0.2) is 11.0 Å². The number of phenols is 1. The van der Waals surface area contributed by atoms with E-state index in [2.05, 4.69) is 5.32 Å². The summed E-state index contributed by atoms with van der Waals surface area (Å²) in [5, 5.41) is 12.0. The first-order valence-corrected chi connectivity index (χ1v) is 4.33. The lowest BCUT2D eigenvalue weighted by Crippen LogP contribution is -2.20. The molecular weight excluding hydrogens is 180 g/mol. The maximum Gasteiger partial charge on any atom is 0.217 e. The van der Waals surface area contributed by atoms with Crippen LogP contribution in [0.25, 0.3) is 0 Å². The fourth-order valence-electron chi connectivity index (χ4n) is 1.21. The summed E-state index contributed by atoms with van der Waals surface area (Å²) in [5.41, 5.74) is 7.72. The molecule has 0 saturated carbocycles. The van der Waals surface area contributed by atoms with E-state index in [0.717, 1.165) is 11.1 Å². The fourth-order valence-corrected chi connectivity index (χ4v) is 1.21. The molecule has 0 atom stereocenters. The van der Waals surface area contributed by atoms with E-state index < -0.39 is 0 Å². The average molecular weight is 194 g/mol. The van der Waals surface area contributed by atoms with Gasteiger partial charge in [-0.05, 0) is 18.6 Å². The number of hydrogen-bond acceptors (Lipinski definition) is 3. The van der Waals surface area contributed by atoms with Gasteiger partial charge in [-0.2, -0.15) is 0 Å². The van der Waals surface area contributed by atoms with Crippen molar-refractivity contribution in [3.63, 3.8) is 0 Å².